The lowest BCUT2D eigenvalue weighted by atomic mass is 9.93. The summed E-state index contributed by atoms with van der Waals surface area (Å²) in [6, 6.07) is 19.3. The second-order valence-electron chi connectivity index (χ2n) is 10.1. The van der Waals surface area contributed by atoms with Gasteiger partial charge in [-0.1, -0.05) is 84.9 Å². The summed E-state index contributed by atoms with van der Waals surface area (Å²) in [5.41, 5.74) is 3.16. The Labute approximate surface area is 255 Å². The molecule has 1 N–H and O–H groups in total. The molecule has 0 bridgehead atoms. The molecular formula is C31H26ClN3O5S2. The van der Waals surface area contributed by atoms with Gasteiger partial charge in [-0.25, -0.2) is 0 Å². The number of benzene rings is 3. The van der Waals surface area contributed by atoms with E-state index in [-0.39, 0.29) is 16.5 Å². The minimum Gasteiger partial charge on any atom is -0.507 e. The van der Waals surface area contributed by atoms with Gasteiger partial charge in [-0.15, -0.1) is 10.2 Å². The molecule has 0 radical (unpaired) electrons. The highest BCUT2D eigenvalue weighted by atomic mass is 35.5. The summed E-state index contributed by atoms with van der Waals surface area (Å²) in [6.45, 7) is 4.98. The van der Waals surface area contributed by atoms with Crippen molar-refractivity contribution in [2.75, 3.05) is 18.1 Å². The first kappa shape index (κ1) is 28.3. The van der Waals surface area contributed by atoms with Gasteiger partial charge >= 0.3 is 5.91 Å². The largest absolute Gasteiger partial charge is 0.507 e. The van der Waals surface area contributed by atoms with E-state index in [1.807, 2.05) is 48.5 Å². The Bertz CT molecular complexity index is 1690. The Kier molecular flexibility index (Phi) is 7.94. The monoisotopic (exact) mass is 619 g/mol. The number of ether oxygens (including phenoxy) is 2. The first-order chi connectivity index (χ1) is 20.3. The van der Waals surface area contributed by atoms with Crippen molar-refractivity contribution in [1.82, 2.24) is 10.2 Å². The molecule has 4 aromatic rings. The molecule has 0 unspecified atom stereocenters. The third kappa shape index (κ3) is 5.49. The minimum atomic E-state index is -0.901. The van der Waals surface area contributed by atoms with Gasteiger partial charge in [0.05, 0.1) is 11.6 Å². The van der Waals surface area contributed by atoms with Crippen LogP contribution in [0.2, 0.25) is 5.02 Å². The quantitative estimate of drug-likeness (QED) is 0.0775. The standard InChI is InChI=1S/C31H26ClN3O5S2/c1-17(2)19-5-7-20(8-6-19)26-25(27(36)21-9-12-23-24(15-21)40-14-13-39-23)28(37)29(38)35(26)30-33-34-31(42-30)41-16-18-3-10-22(32)11-4-18/h3-12,15,17,26,36H,13-14,16H2,1-2H3/t26-/m0/s1. The van der Waals surface area contributed by atoms with E-state index in [4.69, 9.17) is 21.1 Å². The van der Waals surface area contributed by atoms with Crippen molar-refractivity contribution in [1.29, 1.82) is 0 Å². The maximum atomic E-state index is 13.6. The molecule has 1 saturated heterocycles. The fraction of sp³-hybridized carbons (Fsp3) is 0.226. The van der Waals surface area contributed by atoms with Crippen molar-refractivity contribution >= 4 is 57.3 Å². The van der Waals surface area contributed by atoms with E-state index in [0.717, 1.165) is 11.1 Å². The Morgan fingerprint density at radius 1 is 1.02 bits per heavy atom. The fourth-order valence-electron chi connectivity index (χ4n) is 4.84. The van der Waals surface area contributed by atoms with Crippen LogP contribution in [-0.4, -0.2) is 40.2 Å². The van der Waals surface area contributed by atoms with Crippen LogP contribution in [0.1, 0.15) is 48.1 Å². The summed E-state index contributed by atoms with van der Waals surface area (Å²) in [4.78, 5) is 28.5. The molecule has 42 heavy (non-hydrogen) atoms. The van der Waals surface area contributed by atoms with Crippen molar-refractivity contribution in [2.24, 2.45) is 0 Å². The number of hydrogen-bond donors (Lipinski definition) is 1. The van der Waals surface area contributed by atoms with E-state index in [1.165, 1.54) is 28.0 Å². The zero-order chi connectivity index (χ0) is 29.4. The third-order valence-electron chi connectivity index (χ3n) is 7.06. The summed E-state index contributed by atoms with van der Waals surface area (Å²) in [5.74, 6) is 0.0670. The number of fused-ring (bicyclic) bond motifs is 1. The number of aliphatic hydroxyl groups is 1. The van der Waals surface area contributed by atoms with Gasteiger partial charge in [-0.2, -0.15) is 0 Å². The van der Waals surface area contributed by atoms with Crippen molar-refractivity contribution in [2.45, 2.75) is 35.9 Å². The van der Waals surface area contributed by atoms with Crippen LogP contribution < -0.4 is 14.4 Å². The smallest absolute Gasteiger partial charge is 0.301 e. The van der Waals surface area contributed by atoms with Gasteiger partial charge in [-0.05, 0) is 52.9 Å². The van der Waals surface area contributed by atoms with Gasteiger partial charge in [0.1, 0.15) is 19.0 Å². The van der Waals surface area contributed by atoms with E-state index in [1.54, 1.807) is 18.2 Å². The summed E-state index contributed by atoms with van der Waals surface area (Å²) < 4.78 is 11.9. The lowest BCUT2D eigenvalue weighted by Crippen LogP contribution is -2.29. The number of ketones is 1. The number of thioether (sulfide) groups is 1. The van der Waals surface area contributed by atoms with Gasteiger partial charge in [0.15, 0.2) is 15.8 Å². The molecule has 11 heteroatoms. The molecular weight excluding hydrogens is 594 g/mol. The van der Waals surface area contributed by atoms with Crippen LogP contribution in [0.5, 0.6) is 11.5 Å². The lowest BCUT2D eigenvalue weighted by Gasteiger charge is -2.23. The zero-order valence-electron chi connectivity index (χ0n) is 22.7. The molecule has 3 heterocycles. The second kappa shape index (κ2) is 11.8. The number of anilines is 1. The van der Waals surface area contributed by atoms with E-state index in [0.29, 0.717) is 56.9 Å². The van der Waals surface area contributed by atoms with Crippen LogP contribution in [0.3, 0.4) is 0 Å². The molecule has 0 spiro atoms. The summed E-state index contributed by atoms with van der Waals surface area (Å²) in [5, 5.41) is 21.0. The topological polar surface area (TPSA) is 102 Å². The number of aliphatic hydroxyl groups excluding tert-OH is 1. The predicted octanol–water partition coefficient (Wildman–Crippen LogP) is 7.00. The first-order valence-electron chi connectivity index (χ1n) is 13.3. The van der Waals surface area contributed by atoms with E-state index < -0.39 is 17.7 Å². The van der Waals surface area contributed by atoms with E-state index in [2.05, 4.69) is 24.0 Å². The Balaban J connectivity index is 1.39. The Hall–Kier alpha value is -3.86. The number of hydrogen-bond acceptors (Lipinski definition) is 9. The molecule has 1 aromatic heterocycles. The lowest BCUT2D eigenvalue weighted by molar-refractivity contribution is -0.132. The third-order valence-corrected chi connectivity index (χ3v) is 9.44. The molecule has 2 aliphatic rings. The fourth-order valence-corrected chi connectivity index (χ4v) is 6.79. The molecule has 0 aliphatic carbocycles. The SMILES string of the molecule is CC(C)c1ccc([C@H]2C(=C(O)c3ccc4c(c3)OCCO4)C(=O)C(=O)N2c2nnc(SCc3ccc(Cl)cc3)s2)cc1. The molecule has 6 rings (SSSR count). The highest BCUT2D eigenvalue weighted by Gasteiger charge is 2.48. The van der Waals surface area contributed by atoms with Crippen LogP contribution >= 0.6 is 34.7 Å². The first-order valence-corrected chi connectivity index (χ1v) is 15.5. The predicted molar refractivity (Wildman–Crippen MR) is 164 cm³/mol. The van der Waals surface area contributed by atoms with Crippen LogP contribution in [-0.2, 0) is 15.3 Å². The number of halogens is 1. The van der Waals surface area contributed by atoms with Gasteiger partial charge in [0.25, 0.3) is 5.78 Å². The van der Waals surface area contributed by atoms with Crippen molar-refractivity contribution in [3.05, 3.63) is 99.6 Å². The number of carbonyl (C=O) groups excluding carboxylic acids is 2. The average molecular weight is 620 g/mol. The maximum Gasteiger partial charge on any atom is 0.301 e. The Morgan fingerprint density at radius 2 is 1.74 bits per heavy atom. The number of amides is 1. The van der Waals surface area contributed by atoms with E-state index in [9.17, 15) is 14.7 Å². The summed E-state index contributed by atoms with van der Waals surface area (Å²) in [7, 11) is 0. The van der Waals surface area contributed by atoms with Crippen molar-refractivity contribution in [3.8, 4) is 11.5 Å². The molecule has 1 atom stereocenters. The molecule has 0 saturated carbocycles. The number of aromatic nitrogens is 2. The number of rotatable bonds is 7. The zero-order valence-corrected chi connectivity index (χ0v) is 25.1. The molecule has 3 aromatic carbocycles. The number of carbonyl (C=O) groups is 2. The van der Waals surface area contributed by atoms with Crippen LogP contribution in [0.25, 0.3) is 5.76 Å². The highest BCUT2D eigenvalue weighted by molar-refractivity contribution is 8.00. The molecule has 2 aliphatic heterocycles. The molecule has 8 nitrogen and oxygen atoms in total. The van der Waals surface area contributed by atoms with E-state index >= 15 is 0 Å². The minimum absolute atomic E-state index is 0.0282. The van der Waals surface area contributed by atoms with Crippen molar-refractivity contribution in [3.63, 3.8) is 0 Å². The molecule has 214 valence electrons. The normalized spacial score (nSPS) is 17.7. The van der Waals surface area contributed by atoms with Gasteiger partial charge in [0, 0.05) is 16.3 Å². The Morgan fingerprint density at radius 3 is 2.45 bits per heavy atom. The van der Waals surface area contributed by atoms with Gasteiger partial charge in [-0.3, -0.25) is 14.5 Å². The van der Waals surface area contributed by atoms with Crippen LogP contribution in [0.4, 0.5) is 5.13 Å². The molecule has 1 fully saturated rings. The summed E-state index contributed by atoms with van der Waals surface area (Å²) in [6.07, 6.45) is 0. The van der Waals surface area contributed by atoms with Crippen molar-refractivity contribution < 1.29 is 24.2 Å². The number of Topliss-reactive ketones (excluding diaryl/α,β-unsaturated/α-hetero) is 1. The van der Waals surface area contributed by atoms with Gasteiger partial charge in [0.2, 0.25) is 5.13 Å². The summed E-state index contributed by atoms with van der Waals surface area (Å²) >= 11 is 8.69. The second-order valence-corrected chi connectivity index (χ2v) is 12.7. The highest BCUT2D eigenvalue weighted by Crippen LogP contribution is 2.45. The maximum absolute atomic E-state index is 13.6. The van der Waals surface area contributed by atoms with Crippen LogP contribution in [0, 0.1) is 0 Å². The number of nitrogens with zero attached hydrogens (tertiary/aromatic N) is 3. The van der Waals surface area contributed by atoms with Crippen LogP contribution in [0.15, 0.2) is 76.6 Å². The average Bonchev–Trinajstić information content (AvgIpc) is 3.58. The molecule has 1 amide bonds. The van der Waals surface area contributed by atoms with Gasteiger partial charge < -0.3 is 14.6 Å².